The molecule has 0 spiro atoms. The molecule has 10 heteroatoms. The highest BCUT2D eigenvalue weighted by Gasteiger charge is 2.22. The third-order valence-corrected chi connectivity index (χ3v) is 2.83. The smallest absolute Gasteiger partial charge is 0.354 e. The molecule has 2 aromatic rings. The summed E-state index contributed by atoms with van der Waals surface area (Å²) in [6.45, 7) is 0.395. The van der Waals surface area contributed by atoms with E-state index >= 15 is 0 Å². The Balaban J connectivity index is 2.24. The van der Waals surface area contributed by atoms with E-state index in [0.29, 0.717) is 6.54 Å². The first-order chi connectivity index (χ1) is 8.72. The Labute approximate surface area is 105 Å². The number of nitro groups is 1. The average molecular weight is 267 g/mol. The first-order valence-electron chi connectivity index (χ1n) is 4.79. The summed E-state index contributed by atoms with van der Waals surface area (Å²) in [5, 5.41) is 13.8. The molecule has 0 aliphatic carbocycles. The zero-order valence-corrected chi connectivity index (χ0v) is 9.85. The fourth-order valence-electron chi connectivity index (χ4n) is 1.29. The van der Waals surface area contributed by atoms with Crippen LogP contribution in [0.3, 0.4) is 0 Å². The number of hydrazine groups is 1. The molecule has 94 valence electrons. The summed E-state index contributed by atoms with van der Waals surface area (Å²) in [7, 11) is 0. The minimum Gasteiger partial charge on any atom is -0.359 e. The van der Waals surface area contributed by atoms with Gasteiger partial charge in [0, 0.05) is 11.1 Å². The minimum atomic E-state index is -0.593. The molecular formula is C8H9N7O2S. The maximum Gasteiger partial charge on any atom is 0.354 e. The largest absolute Gasteiger partial charge is 0.359 e. The van der Waals surface area contributed by atoms with E-state index in [1.807, 2.05) is 0 Å². The van der Waals surface area contributed by atoms with Crippen molar-refractivity contribution in [3.63, 3.8) is 0 Å². The van der Waals surface area contributed by atoms with Crippen LogP contribution in [-0.4, -0.2) is 19.9 Å². The van der Waals surface area contributed by atoms with E-state index in [9.17, 15) is 10.1 Å². The number of anilines is 2. The molecule has 0 atom stereocenters. The van der Waals surface area contributed by atoms with Gasteiger partial charge >= 0.3 is 5.69 Å². The van der Waals surface area contributed by atoms with Crippen LogP contribution in [0, 0.1) is 10.1 Å². The van der Waals surface area contributed by atoms with E-state index in [-0.39, 0.29) is 17.3 Å². The summed E-state index contributed by atoms with van der Waals surface area (Å²) >= 11 is 1.44. The molecule has 0 aromatic carbocycles. The molecule has 9 nitrogen and oxygen atoms in total. The molecule has 4 N–H and O–H groups in total. The van der Waals surface area contributed by atoms with Gasteiger partial charge in [-0.2, -0.15) is 0 Å². The average Bonchev–Trinajstić information content (AvgIpc) is 2.88. The van der Waals surface area contributed by atoms with Crippen molar-refractivity contribution >= 4 is 28.7 Å². The van der Waals surface area contributed by atoms with Gasteiger partial charge in [0.05, 0.1) is 17.0 Å². The van der Waals surface area contributed by atoms with Crippen molar-refractivity contribution in [3.05, 3.63) is 33.0 Å². The number of rotatable bonds is 5. The van der Waals surface area contributed by atoms with E-state index in [1.54, 1.807) is 11.7 Å². The van der Waals surface area contributed by atoms with Crippen molar-refractivity contribution < 1.29 is 4.92 Å². The summed E-state index contributed by atoms with van der Waals surface area (Å²) in [6.07, 6.45) is 2.87. The lowest BCUT2D eigenvalue weighted by atomic mass is 10.4. The summed E-state index contributed by atoms with van der Waals surface area (Å²) in [4.78, 5) is 22.7. The Morgan fingerprint density at radius 3 is 2.83 bits per heavy atom. The maximum absolute atomic E-state index is 10.9. The molecule has 2 rings (SSSR count). The van der Waals surface area contributed by atoms with Gasteiger partial charge in [-0.25, -0.2) is 15.8 Å². The van der Waals surface area contributed by atoms with Gasteiger partial charge in [0.25, 0.3) is 0 Å². The molecule has 0 bridgehead atoms. The quantitative estimate of drug-likeness (QED) is 0.410. The highest BCUT2D eigenvalue weighted by atomic mass is 32.1. The number of nitrogens with one attached hydrogen (secondary N) is 2. The molecule has 0 saturated heterocycles. The molecule has 0 aliphatic rings. The highest BCUT2D eigenvalue weighted by molar-refractivity contribution is 7.09. The standard InChI is InChI=1S/C8H9N7O2S/c9-14-8-6(15(16)17)7(12-3-13-8)11-2-5-1-10-4-18-5/h1,3-4H,2,9H2,(H2,11,12,13,14). The van der Waals surface area contributed by atoms with Gasteiger partial charge < -0.3 is 10.7 Å². The first kappa shape index (κ1) is 12.1. The lowest BCUT2D eigenvalue weighted by molar-refractivity contribution is -0.383. The summed E-state index contributed by atoms with van der Waals surface area (Å²) in [5.74, 6) is 5.24. The van der Waals surface area contributed by atoms with Crippen molar-refractivity contribution in [2.45, 2.75) is 6.54 Å². The van der Waals surface area contributed by atoms with Crippen molar-refractivity contribution in [2.75, 3.05) is 10.7 Å². The number of aromatic nitrogens is 3. The Hall–Kier alpha value is -2.33. The Morgan fingerprint density at radius 2 is 2.22 bits per heavy atom. The van der Waals surface area contributed by atoms with Crippen molar-refractivity contribution in [1.82, 2.24) is 15.0 Å². The Bertz CT molecular complexity index is 544. The number of nitrogens with two attached hydrogens (primary N) is 1. The molecule has 2 aromatic heterocycles. The molecule has 0 aliphatic heterocycles. The van der Waals surface area contributed by atoms with Gasteiger partial charge in [-0.1, -0.05) is 0 Å². The van der Waals surface area contributed by atoms with Gasteiger partial charge in [0.15, 0.2) is 0 Å². The lowest BCUT2D eigenvalue weighted by Crippen LogP contribution is -2.13. The molecule has 0 radical (unpaired) electrons. The normalized spacial score (nSPS) is 10.1. The fourth-order valence-corrected chi connectivity index (χ4v) is 1.82. The second-order valence-corrected chi connectivity index (χ2v) is 4.11. The van der Waals surface area contributed by atoms with Crippen molar-refractivity contribution in [2.24, 2.45) is 5.84 Å². The molecule has 2 heterocycles. The third-order valence-electron chi connectivity index (χ3n) is 2.06. The Morgan fingerprint density at radius 1 is 1.44 bits per heavy atom. The molecule has 0 saturated carbocycles. The molecule has 18 heavy (non-hydrogen) atoms. The monoisotopic (exact) mass is 267 g/mol. The predicted molar refractivity (Wildman–Crippen MR) is 65.9 cm³/mol. The second-order valence-electron chi connectivity index (χ2n) is 3.14. The fraction of sp³-hybridized carbons (Fsp3) is 0.125. The number of hydrogen-bond acceptors (Lipinski definition) is 9. The second kappa shape index (κ2) is 5.33. The first-order valence-corrected chi connectivity index (χ1v) is 5.67. The lowest BCUT2D eigenvalue weighted by Gasteiger charge is -2.06. The number of nitrogens with zero attached hydrogens (tertiary/aromatic N) is 4. The van der Waals surface area contributed by atoms with Crippen LogP contribution in [0.4, 0.5) is 17.3 Å². The van der Waals surface area contributed by atoms with Crippen molar-refractivity contribution in [3.8, 4) is 0 Å². The molecule has 0 amide bonds. The van der Waals surface area contributed by atoms with E-state index in [1.165, 1.54) is 17.7 Å². The maximum atomic E-state index is 10.9. The molecular weight excluding hydrogens is 258 g/mol. The van der Waals surface area contributed by atoms with Crippen LogP contribution in [-0.2, 0) is 6.54 Å². The van der Waals surface area contributed by atoms with Crippen LogP contribution in [0.1, 0.15) is 4.88 Å². The van der Waals surface area contributed by atoms with Crippen LogP contribution < -0.4 is 16.6 Å². The van der Waals surface area contributed by atoms with Crippen molar-refractivity contribution in [1.29, 1.82) is 0 Å². The van der Waals surface area contributed by atoms with Gasteiger partial charge in [-0.3, -0.25) is 15.1 Å². The van der Waals surface area contributed by atoms with E-state index in [2.05, 4.69) is 25.7 Å². The predicted octanol–water partition coefficient (Wildman–Crippen LogP) is 0.739. The van der Waals surface area contributed by atoms with Crippen LogP contribution in [0.2, 0.25) is 0 Å². The highest BCUT2D eigenvalue weighted by Crippen LogP contribution is 2.28. The molecule has 0 unspecified atom stereocenters. The van der Waals surface area contributed by atoms with E-state index < -0.39 is 4.92 Å². The third kappa shape index (κ3) is 2.49. The minimum absolute atomic E-state index is 0.0400. The van der Waals surface area contributed by atoms with E-state index in [0.717, 1.165) is 4.88 Å². The van der Waals surface area contributed by atoms with Gasteiger partial charge in [-0.15, -0.1) is 11.3 Å². The number of thiazole rings is 1. The SMILES string of the molecule is NNc1ncnc(NCc2cncs2)c1[N+](=O)[O-]. The summed E-state index contributed by atoms with van der Waals surface area (Å²) in [6, 6.07) is 0. The summed E-state index contributed by atoms with van der Waals surface area (Å²) < 4.78 is 0. The van der Waals surface area contributed by atoms with Crippen LogP contribution in [0.5, 0.6) is 0 Å². The van der Waals surface area contributed by atoms with Crippen LogP contribution >= 0.6 is 11.3 Å². The van der Waals surface area contributed by atoms with E-state index in [4.69, 9.17) is 5.84 Å². The molecule has 0 fully saturated rings. The number of nitrogen functional groups attached to an aromatic ring is 1. The summed E-state index contributed by atoms with van der Waals surface area (Å²) in [5.41, 5.74) is 3.56. The van der Waals surface area contributed by atoms with Crippen LogP contribution in [0.25, 0.3) is 0 Å². The van der Waals surface area contributed by atoms with Gasteiger partial charge in [0.1, 0.15) is 6.33 Å². The Kier molecular flexibility index (Phi) is 3.60. The topological polar surface area (TPSA) is 132 Å². The zero-order valence-electron chi connectivity index (χ0n) is 9.03. The number of hydrogen-bond donors (Lipinski definition) is 3. The zero-order chi connectivity index (χ0) is 13.0. The van der Waals surface area contributed by atoms with Gasteiger partial charge in [-0.05, 0) is 0 Å². The van der Waals surface area contributed by atoms with Crippen LogP contribution in [0.15, 0.2) is 18.0 Å². The van der Waals surface area contributed by atoms with Gasteiger partial charge in [0.2, 0.25) is 11.6 Å².